The normalized spacial score (nSPS) is 10.8. The maximum atomic E-state index is 12.8. The average Bonchev–Trinajstić information content (AvgIpc) is 2.80. The molecule has 0 bridgehead atoms. The minimum atomic E-state index is -1.04. The number of carboxylic acids is 1. The smallest absolute Gasteiger partial charge is 0.328 e. The average molecular weight is 305 g/mol. The molecule has 1 aromatic carbocycles. The maximum absolute atomic E-state index is 12.8. The van der Waals surface area contributed by atoms with E-state index in [1.54, 1.807) is 13.0 Å². The van der Waals surface area contributed by atoms with Gasteiger partial charge >= 0.3 is 5.97 Å². The molecule has 21 heavy (non-hydrogen) atoms. The van der Waals surface area contributed by atoms with Crippen LogP contribution in [-0.4, -0.2) is 17.0 Å². The molecule has 0 aliphatic carbocycles. The van der Waals surface area contributed by atoms with Crippen LogP contribution in [-0.2, 0) is 4.79 Å². The summed E-state index contributed by atoms with van der Waals surface area (Å²) in [5.41, 5.74) is 1.32. The molecule has 0 spiro atoms. The lowest BCUT2D eigenvalue weighted by molar-refractivity contribution is -0.131. The first-order valence-corrected chi connectivity index (χ1v) is 6.85. The van der Waals surface area contributed by atoms with Gasteiger partial charge in [-0.1, -0.05) is 0 Å². The number of hydrogen-bond acceptors (Lipinski definition) is 3. The Morgan fingerprint density at radius 3 is 2.57 bits per heavy atom. The number of aliphatic carboxylic acids is 1. The monoisotopic (exact) mass is 305 g/mol. The molecule has 1 amide bonds. The number of rotatable bonds is 4. The molecule has 6 heteroatoms. The third-order valence-corrected chi connectivity index (χ3v) is 3.86. The first kappa shape index (κ1) is 14.9. The lowest BCUT2D eigenvalue weighted by Crippen LogP contribution is -2.09. The molecule has 0 fully saturated rings. The van der Waals surface area contributed by atoms with Crippen LogP contribution in [0.2, 0.25) is 0 Å². The zero-order valence-electron chi connectivity index (χ0n) is 11.1. The minimum Gasteiger partial charge on any atom is -0.478 e. The highest BCUT2D eigenvalue weighted by Gasteiger charge is 2.11. The number of hydrogen-bond donors (Lipinski definition) is 2. The highest BCUT2D eigenvalue weighted by molar-refractivity contribution is 7.15. The number of carboxylic acid groups (broad SMARTS) is 1. The molecule has 2 aromatic rings. The molecule has 0 atom stereocenters. The SMILES string of the molecule is Cc1cc(C(=O)Nc2ccc(F)cc2)sc1/C=C/C(=O)O. The fourth-order valence-electron chi connectivity index (χ4n) is 1.65. The van der Waals surface area contributed by atoms with Gasteiger partial charge in [0.1, 0.15) is 5.82 Å². The van der Waals surface area contributed by atoms with Gasteiger partial charge in [-0.3, -0.25) is 4.79 Å². The molecule has 0 aliphatic rings. The number of nitrogens with one attached hydrogen (secondary N) is 1. The number of benzene rings is 1. The molecule has 0 aliphatic heterocycles. The highest BCUT2D eigenvalue weighted by Crippen LogP contribution is 2.24. The minimum absolute atomic E-state index is 0.315. The summed E-state index contributed by atoms with van der Waals surface area (Å²) in [5, 5.41) is 11.3. The second kappa shape index (κ2) is 6.32. The van der Waals surface area contributed by atoms with Crippen molar-refractivity contribution >= 4 is 35.0 Å². The van der Waals surface area contributed by atoms with E-state index in [2.05, 4.69) is 5.32 Å². The van der Waals surface area contributed by atoms with Crippen molar-refractivity contribution in [2.45, 2.75) is 6.92 Å². The number of anilines is 1. The van der Waals surface area contributed by atoms with Crippen molar-refractivity contribution in [1.82, 2.24) is 0 Å². The van der Waals surface area contributed by atoms with Crippen LogP contribution in [0.4, 0.5) is 10.1 Å². The van der Waals surface area contributed by atoms with E-state index in [4.69, 9.17) is 5.11 Å². The van der Waals surface area contributed by atoms with E-state index in [0.717, 1.165) is 11.6 Å². The van der Waals surface area contributed by atoms with Gasteiger partial charge in [-0.15, -0.1) is 11.3 Å². The van der Waals surface area contributed by atoms with Crippen molar-refractivity contribution in [2.75, 3.05) is 5.32 Å². The van der Waals surface area contributed by atoms with Crippen LogP contribution < -0.4 is 5.32 Å². The molecule has 0 saturated heterocycles. The molecule has 0 saturated carbocycles. The highest BCUT2D eigenvalue weighted by atomic mass is 32.1. The second-order valence-corrected chi connectivity index (χ2v) is 5.37. The van der Waals surface area contributed by atoms with Crippen LogP contribution in [0.15, 0.2) is 36.4 Å². The number of thiophene rings is 1. The van der Waals surface area contributed by atoms with E-state index in [1.807, 2.05) is 0 Å². The van der Waals surface area contributed by atoms with Gasteiger partial charge in [-0.05, 0) is 48.9 Å². The summed E-state index contributed by atoms with van der Waals surface area (Å²) in [4.78, 5) is 23.7. The number of amides is 1. The van der Waals surface area contributed by atoms with Crippen molar-refractivity contribution in [3.8, 4) is 0 Å². The van der Waals surface area contributed by atoms with Gasteiger partial charge in [0.15, 0.2) is 0 Å². The zero-order chi connectivity index (χ0) is 15.4. The summed E-state index contributed by atoms with van der Waals surface area (Å²) in [7, 11) is 0. The molecular formula is C15H12FNO3S. The van der Waals surface area contributed by atoms with Crippen LogP contribution in [0.3, 0.4) is 0 Å². The summed E-state index contributed by atoms with van der Waals surface area (Å²) < 4.78 is 12.8. The van der Waals surface area contributed by atoms with E-state index in [9.17, 15) is 14.0 Å². The lowest BCUT2D eigenvalue weighted by Gasteiger charge is -2.02. The molecule has 1 aromatic heterocycles. The maximum Gasteiger partial charge on any atom is 0.328 e. The third kappa shape index (κ3) is 4.00. The van der Waals surface area contributed by atoms with Gasteiger partial charge in [0.05, 0.1) is 4.88 Å². The molecular weight excluding hydrogens is 293 g/mol. The second-order valence-electron chi connectivity index (χ2n) is 4.29. The van der Waals surface area contributed by atoms with Gasteiger partial charge < -0.3 is 10.4 Å². The fraction of sp³-hybridized carbons (Fsp3) is 0.0667. The van der Waals surface area contributed by atoms with Gasteiger partial charge in [-0.25, -0.2) is 9.18 Å². The third-order valence-electron chi connectivity index (χ3n) is 2.66. The Balaban J connectivity index is 2.14. The zero-order valence-corrected chi connectivity index (χ0v) is 11.9. The standard InChI is InChI=1S/C15H12FNO3S/c1-9-8-13(21-12(9)6-7-14(18)19)15(20)17-11-4-2-10(16)3-5-11/h2-8H,1H3,(H,17,20)(H,18,19)/b7-6+. The summed E-state index contributed by atoms with van der Waals surface area (Å²) in [6.07, 6.45) is 2.48. The van der Waals surface area contributed by atoms with Gasteiger partial charge in [-0.2, -0.15) is 0 Å². The quantitative estimate of drug-likeness (QED) is 0.849. The number of halogens is 1. The molecule has 2 N–H and O–H groups in total. The summed E-state index contributed by atoms with van der Waals surface area (Å²) in [5.74, 6) is -1.73. The Morgan fingerprint density at radius 2 is 1.95 bits per heavy atom. The molecule has 0 radical (unpaired) electrons. The lowest BCUT2D eigenvalue weighted by atomic mass is 10.2. The fourth-order valence-corrected chi connectivity index (χ4v) is 2.62. The predicted molar refractivity (Wildman–Crippen MR) is 80.1 cm³/mol. The van der Waals surface area contributed by atoms with Gasteiger partial charge in [0, 0.05) is 16.6 Å². The first-order chi connectivity index (χ1) is 9.95. The Labute approximate surface area is 124 Å². The van der Waals surface area contributed by atoms with Crippen LogP contribution in [0, 0.1) is 12.7 Å². The molecule has 108 valence electrons. The van der Waals surface area contributed by atoms with Crippen molar-refractivity contribution in [1.29, 1.82) is 0 Å². The molecule has 0 unspecified atom stereocenters. The number of aryl methyl sites for hydroxylation is 1. The predicted octanol–water partition coefficient (Wildman–Crippen LogP) is 3.55. The van der Waals surface area contributed by atoms with Gasteiger partial charge in [0.2, 0.25) is 0 Å². The van der Waals surface area contributed by atoms with E-state index in [0.29, 0.717) is 15.4 Å². The van der Waals surface area contributed by atoms with Gasteiger partial charge in [0.25, 0.3) is 5.91 Å². The summed E-state index contributed by atoms with van der Waals surface area (Å²) in [6.45, 7) is 1.80. The van der Waals surface area contributed by atoms with Crippen molar-refractivity contribution in [3.63, 3.8) is 0 Å². The van der Waals surface area contributed by atoms with Crippen molar-refractivity contribution < 1.29 is 19.1 Å². The van der Waals surface area contributed by atoms with Crippen LogP contribution in [0.5, 0.6) is 0 Å². The van der Waals surface area contributed by atoms with E-state index in [-0.39, 0.29) is 11.7 Å². The molecule has 2 rings (SSSR count). The van der Waals surface area contributed by atoms with E-state index >= 15 is 0 Å². The van der Waals surface area contributed by atoms with E-state index < -0.39 is 5.97 Å². The Bertz CT molecular complexity index is 704. The van der Waals surface area contributed by atoms with Crippen LogP contribution >= 0.6 is 11.3 Å². The number of carbonyl (C=O) groups is 2. The van der Waals surface area contributed by atoms with Crippen molar-refractivity contribution in [2.24, 2.45) is 0 Å². The molecule has 4 nitrogen and oxygen atoms in total. The topological polar surface area (TPSA) is 66.4 Å². The number of carbonyl (C=O) groups excluding carboxylic acids is 1. The Hall–Kier alpha value is -2.47. The van der Waals surface area contributed by atoms with Crippen LogP contribution in [0.1, 0.15) is 20.1 Å². The molecule has 1 heterocycles. The summed E-state index contributed by atoms with van der Waals surface area (Å²) in [6, 6.07) is 7.15. The van der Waals surface area contributed by atoms with Crippen molar-refractivity contribution in [3.05, 3.63) is 57.5 Å². The van der Waals surface area contributed by atoms with Crippen LogP contribution in [0.25, 0.3) is 6.08 Å². The summed E-state index contributed by atoms with van der Waals surface area (Å²) >= 11 is 1.20. The Kier molecular flexibility index (Phi) is 4.49. The first-order valence-electron chi connectivity index (χ1n) is 6.04. The Morgan fingerprint density at radius 1 is 1.29 bits per heavy atom. The largest absolute Gasteiger partial charge is 0.478 e. The van der Waals surface area contributed by atoms with E-state index in [1.165, 1.54) is 41.7 Å².